The van der Waals surface area contributed by atoms with Gasteiger partial charge in [0.05, 0.1) is 5.56 Å². The molecule has 0 aliphatic heterocycles. The van der Waals surface area contributed by atoms with E-state index in [1.807, 2.05) is 12.1 Å². The molecule has 0 radical (unpaired) electrons. The van der Waals surface area contributed by atoms with Crippen molar-refractivity contribution in [3.05, 3.63) is 47.0 Å². The van der Waals surface area contributed by atoms with Crippen LogP contribution in [0.15, 0.2) is 35.9 Å². The Labute approximate surface area is 109 Å². The highest BCUT2D eigenvalue weighted by Gasteiger charge is 2.24. The van der Waals surface area contributed by atoms with E-state index in [4.69, 9.17) is 5.11 Å². The van der Waals surface area contributed by atoms with E-state index in [1.165, 1.54) is 5.57 Å². The van der Waals surface area contributed by atoms with E-state index in [2.05, 4.69) is 40.7 Å². The Morgan fingerprint density at radius 2 is 1.67 bits per heavy atom. The lowest BCUT2D eigenvalue weighted by atomic mass is 9.75. The van der Waals surface area contributed by atoms with Gasteiger partial charge in [-0.1, -0.05) is 44.6 Å². The average Bonchev–Trinajstić information content (AvgIpc) is 2.24. The molecule has 1 unspecified atom stereocenters. The summed E-state index contributed by atoms with van der Waals surface area (Å²) in [5, 5.41) is 8.91. The van der Waals surface area contributed by atoms with Crippen LogP contribution in [0.4, 0.5) is 0 Å². The molecule has 1 rings (SSSR count). The van der Waals surface area contributed by atoms with E-state index < -0.39 is 5.97 Å². The van der Waals surface area contributed by atoms with Crippen molar-refractivity contribution in [3.8, 4) is 0 Å². The van der Waals surface area contributed by atoms with Crippen LogP contribution in [0.2, 0.25) is 0 Å². The number of aromatic carboxylic acids is 1. The molecule has 0 saturated carbocycles. The molecule has 1 aromatic rings. The molecule has 2 heteroatoms. The summed E-state index contributed by atoms with van der Waals surface area (Å²) in [5.74, 6) is -0.582. The molecule has 0 fully saturated rings. The maximum Gasteiger partial charge on any atom is 0.335 e. The summed E-state index contributed by atoms with van der Waals surface area (Å²) < 4.78 is 0. The zero-order chi connectivity index (χ0) is 13.9. The van der Waals surface area contributed by atoms with E-state index in [9.17, 15) is 4.79 Å². The van der Waals surface area contributed by atoms with E-state index in [0.717, 1.165) is 5.56 Å². The second kappa shape index (κ2) is 5.38. The van der Waals surface area contributed by atoms with E-state index in [0.29, 0.717) is 11.5 Å². The van der Waals surface area contributed by atoms with Gasteiger partial charge in [0.15, 0.2) is 0 Å². The van der Waals surface area contributed by atoms with Crippen LogP contribution in [-0.4, -0.2) is 11.1 Å². The monoisotopic (exact) mass is 246 g/mol. The molecule has 1 atom stereocenters. The highest BCUT2D eigenvalue weighted by atomic mass is 16.4. The van der Waals surface area contributed by atoms with Gasteiger partial charge in [-0.2, -0.15) is 0 Å². The van der Waals surface area contributed by atoms with Gasteiger partial charge in [-0.25, -0.2) is 4.79 Å². The fourth-order valence-electron chi connectivity index (χ4n) is 2.01. The highest BCUT2D eigenvalue weighted by molar-refractivity contribution is 5.87. The first-order valence-corrected chi connectivity index (χ1v) is 6.20. The quantitative estimate of drug-likeness (QED) is 0.798. The minimum atomic E-state index is -0.879. The highest BCUT2D eigenvalue weighted by Crippen LogP contribution is 2.36. The second-order valence-corrected chi connectivity index (χ2v) is 6.01. The molecule has 2 nitrogen and oxygen atoms in total. The summed E-state index contributed by atoms with van der Waals surface area (Å²) in [6, 6.07) is 7.18. The lowest BCUT2D eigenvalue weighted by molar-refractivity contribution is 0.0697. The standard InChI is InChI=1S/C16H22O2/c1-11(2)10-14(16(3,4)5)12-6-8-13(9-7-12)15(17)18/h6-10,14H,1-5H3,(H,17,18). The lowest BCUT2D eigenvalue weighted by Crippen LogP contribution is -2.17. The molecular formula is C16H22O2. The van der Waals surface area contributed by atoms with Gasteiger partial charge in [-0.05, 0) is 37.0 Å². The number of hydrogen-bond donors (Lipinski definition) is 1. The fourth-order valence-corrected chi connectivity index (χ4v) is 2.01. The smallest absolute Gasteiger partial charge is 0.335 e. The van der Waals surface area contributed by atoms with Crippen molar-refractivity contribution >= 4 is 5.97 Å². The summed E-state index contributed by atoms with van der Waals surface area (Å²) in [7, 11) is 0. The maximum absolute atomic E-state index is 10.8. The van der Waals surface area contributed by atoms with Crippen molar-refractivity contribution < 1.29 is 9.90 Å². The van der Waals surface area contributed by atoms with Crippen molar-refractivity contribution in [2.45, 2.75) is 40.5 Å². The zero-order valence-electron chi connectivity index (χ0n) is 11.8. The van der Waals surface area contributed by atoms with Crippen molar-refractivity contribution in [1.29, 1.82) is 0 Å². The number of carboxylic acids is 1. The summed E-state index contributed by atoms with van der Waals surface area (Å²) in [6.07, 6.45) is 2.25. The normalized spacial score (nSPS) is 12.9. The third kappa shape index (κ3) is 3.73. The van der Waals surface area contributed by atoms with Gasteiger partial charge < -0.3 is 5.11 Å². The van der Waals surface area contributed by atoms with Crippen LogP contribution in [0.25, 0.3) is 0 Å². The van der Waals surface area contributed by atoms with Crippen LogP contribution >= 0.6 is 0 Å². The van der Waals surface area contributed by atoms with Gasteiger partial charge in [0.25, 0.3) is 0 Å². The SMILES string of the molecule is CC(C)=CC(c1ccc(C(=O)O)cc1)C(C)(C)C. The maximum atomic E-state index is 10.8. The molecule has 18 heavy (non-hydrogen) atoms. The van der Waals surface area contributed by atoms with Gasteiger partial charge in [0, 0.05) is 5.92 Å². The van der Waals surface area contributed by atoms with E-state index in [-0.39, 0.29) is 5.41 Å². The van der Waals surface area contributed by atoms with E-state index in [1.54, 1.807) is 12.1 Å². The van der Waals surface area contributed by atoms with Gasteiger partial charge >= 0.3 is 5.97 Å². The molecule has 0 amide bonds. The van der Waals surface area contributed by atoms with Crippen LogP contribution in [-0.2, 0) is 0 Å². The molecule has 0 aromatic heterocycles. The van der Waals surface area contributed by atoms with Crippen LogP contribution in [0.5, 0.6) is 0 Å². The van der Waals surface area contributed by atoms with Crippen molar-refractivity contribution in [1.82, 2.24) is 0 Å². The molecule has 0 saturated heterocycles. The summed E-state index contributed by atoms with van der Waals surface area (Å²) in [6.45, 7) is 10.8. The Morgan fingerprint density at radius 3 is 2.00 bits per heavy atom. The predicted molar refractivity (Wildman–Crippen MR) is 75.0 cm³/mol. The Kier molecular flexibility index (Phi) is 4.33. The molecule has 1 N–H and O–H groups in total. The number of carboxylic acid groups (broad SMARTS) is 1. The molecule has 0 heterocycles. The molecule has 1 aromatic carbocycles. The molecule has 0 aliphatic rings. The Balaban J connectivity index is 3.15. The Bertz CT molecular complexity index is 443. The minimum Gasteiger partial charge on any atom is -0.478 e. The summed E-state index contributed by atoms with van der Waals surface area (Å²) >= 11 is 0. The lowest BCUT2D eigenvalue weighted by Gasteiger charge is -2.29. The van der Waals surface area contributed by atoms with E-state index >= 15 is 0 Å². The van der Waals surface area contributed by atoms with Crippen LogP contribution in [0.3, 0.4) is 0 Å². The van der Waals surface area contributed by atoms with Gasteiger partial charge in [0.2, 0.25) is 0 Å². The number of allylic oxidation sites excluding steroid dienone is 2. The van der Waals surface area contributed by atoms with Gasteiger partial charge in [-0.15, -0.1) is 0 Å². The largest absolute Gasteiger partial charge is 0.478 e. The number of hydrogen-bond acceptors (Lipinski definition) is 1. The third-order valence-electron chi connectivity index (χ3n) is 2.95. The van der Waals surface area contributed by atoms with Crippen LogP contribution in [0.1, 0.15) is 56.5 Å². The van der Waals surface area contributed by atoms with Crippen LogP contribution in [0, 0.1) is 5.41 Å². The summed E-state index contributed by atoms with van der Waals surface area (Å²) in [5.41, 5.74) is 2.89. The minimum absolute atomic E-state index is 0.113. The first kappa shape index (κ1) is 14.5. The molecule has 0 bridgehead atoms. The van der Waals surface area contributed by atoms with Gasteiger partial charge in [0.1, 0.15) is 0 Å². The molecule has 0 spiro atoms. The predicted octanol–water partition coefficient (Wildman–Crippen LogP) is 4.48. The molecule has 98 valence electrons. The average molecular weight is 246 g/mol. The van der Waals surface area contributed by atoms with Crippen LogP contribution < -0.4 is 0 Å². The Morgan fingerprint density at radius 1 is 1.17 bits per heavy atom. The Hall–Kier alpha value is -1.57. The third-order valence-corrected chi connectivity index (χ3v) is 2.95. The zero-order valence-corrected chi connectivity index (χ0v) is 11.8. The first-order valence-electron chi connectivity index (χ1n) is 6.20. The number of benzene rings is 1. The van der Waals surface area contributed by atoms with Crippen molar-refractivity contribution in [2.24, 2.45) is 5.41 Å². The fraction of sp³-hybridized carbons (Fsp3) is 0.438. The summed E-state index contributed by atoms with van der Waals surface area (Å²) in [4.78, 5) is 10.8. The van der Waals surface area contributed by atoms with Gasteiger partial charge in [-0.3, -0.25) is 0 Å². The second-order valence-electron chi connectivity index (χ2n) is 6.01. The number of rotatable bonds is 3. The van der Waals surface area contributed by atoms with Crippen molar-refractivity contribution in [3.63, 3.8) is 0 Å². The number of carbonyl (C=O) groups is 1. The molecular weight excluding hydrogens is 224 g/mol. The molecule has 0 aliphatic carbocycles. The first-order chi connectivity index (χ1) is 8.21. The topological polar surface area (TPSA) is 37.3 Å². The van der Waals surface area contributed by atoms with Crippen molar-refractivity contribution in [2.75, 3.05) is 0 Å².